The van der Waals surface area contributed by atoms with Gasteiger partial charge in [-0.25, -0.2) is 0 Å². The number of hydrogen-bond donors (Lipinski definition) is 1. The highest BCUT2D eigenvalue weighted by Gasteiger charge is 2.14. The SMILES string of the molecule is CCCCCCCCCCCCCCCCCC(=O)OC(=N)CCC(=O)OC(=O)CCCCCCCCCCCCCCCCC. The minimum Gasteiger partial charge on any atom is -0.412 e. The van der Waals surface area contributed by atoms with Crippen molar-refractivity contribution in [3.8, 4) is 0 Å². The van der Waals surface area contributed by atoms with Crippen LogP contribution in [-0.4, -0.2) is 23.8 Å². The van der Waals surface area contributed by atoms with E-state index < -0.39 is 17.9 Å². The summed E-state index contributed by atoms with van der Waals surface area (Å²) < 4.78 is 9.91. The molecule has 0 heterocycles. The van der Waals surface area contributed by atoms with Crippen LogP contribution < -0.4 is 0 Å². The van der Waals surface area contributed by atoms with Crippen molar-refractivity contribution in [1.29, 1.82) is 5.41 Å². The van der Waals surface area contributed by atoms with Gasteiger partial charge < -0.3 is 9.47 Å². The van der Waals surface area contributed by atoms with Gasteiger partial charge in [-0.1, -0.05) is 194 Å². The zero-order chi connectivity index (χ0) is 33.8. The Hall–Kier alpha value is -1.72. The summed E-state index contributed by atoms with van der Waals surface area (Å²) in [6.45, 7) is 4.53. The van der Waals surface area contributed by atoms with Crippen molar-refractivity contribution in [2.45, 2.75) is 232 Å². The Balaban J connectivity index is 3.49. The first kappa shape index (κ1) is 44.3. The van der Waals surface area contributed by atoms with Gasteiger partial charge in [-0.05, 0) is 12.8 Å². The van der Waals surface area contributed by atoms with Crippen LogP contribution in [0.3, 0.4) is 0 Å². The first-order chi connectivity index (χ1) is 22.5. The molecule has 0 amide bonds. The predicted molar refractivity (Wildman–Crippen MR) is 193 cm³/mol. The van der Waals surface area contributed by atoms with Gasteiger partial charge >= 0.3 is 17.9 Å². The van der Waals surface area contributed by atoms with Gasteiger partial charge in [0.25, 0.3) is 0 Å². The van der Waals surface area contributed by atoms with E-state index >= 15 is 0 Å². The number of hydrogen-bond acceptors (Lipinski definition) is 6. The molecule has 1 N–H and O–H groups in total. The van der Waals surface area contributed by atoms with Gasteiger partial charge in [-0.15, -0.1) is 0 Å². The summed E-state index contributed by atoms with van der Waals surface area (Å²) >= 11 is 0. The second kappa shape index (κ2) is 36.1. The van der Waals surface area contributed by atoms with Crippen molar-refractivity contribution >= 4 is 23.8 Å². The van der Waals surface area contributed by atoms with Crippen LogP contribution in [0.25, 0.3) is 0 Å². The Morgan fingerprint density at radius 2 is 0.565 bits per heavy atom. The summed E-state index contributed by atoms with van der Waals surface area (Å²) in [5, 5.41) is 7.83. The fourth-order valence-corrected chi connectivity index (χ4v) is 5.97. The maximum atomic E-state index is 12.0. The molecule has 0 bridgehead atoms. The van der Waals surface area contributed by atoms with Crippen LogP contribution in [0.1, 0.15) is 232 Å². The monoisotopic (exact) mass is 650 g/mol. The minimum absolute atomic E-state index is 0.0321. The molecule has 0 aliphatic rings. The number of carbonyl (C=O) groups excluding carboxylic acids is 3. The molecule has 0 fully saturated rings. The molecule has 6 nitrogen and oxygen atoms in total. The van der Waals surface area contributed by atoms with Crippen molar-refractivity contribution in [2.24, 2.45) is 0 Å². The predicted octanol–water partition coefficient (Wildman–Crippen LogP) is 12.9. The summed E-state index contributed by atoms with van der Waals surface area (Å²) in [6, 6.07) is 0. The lowest BCUT2D eigenvalue weighted by Gasteiger charge is -2.06. The molecule has 0 atom stereocenters. The van der Waals surface area contributed by atoms with Gasteiger partial charge in [0.1, 0.15) is 0 Å². The molecule has 270 valence electrons. The zero-order valence-electron chi connectivity index (χ0n) is 30.6. The maximum Gasteiger partial charge on any atom is 0.313 e. The van der Waals surface area contributed by atoms with E-state index in [2.05, 4.69) is 13.8 Å². The van der Waals surface area contributed by atoms with Crippen LogP contribution in [0.5, 0.6) is 0 Å². The van der Waals surface area contributed by atoms with Crippen LogP contribution in [-0.2, 0) is 23.9 Å². The third kappa shape index (κ3) is 35.1. The Morgan fingerprint density at radius 1 is 0.326 bits per heavy atom. The molecular weight excluding hydrogens is 574 g/mol. The zero-order valence-corrected chi connectivity index (χ0v) is 30.6. The van der Waals surface area contributed by atoms with Crippen molar-refractivity contribution in [1.82, 2.24) is 0 Å². The molecule has 0 saturated carbocycles. The number of rotatable bonds is 35. The summed E-state index contributed by atoms with van der Waals surface area (Å²) in [4.78, 5) is 35.9. The van der Waals surface area contributed by atoms with Crippen molar-refractivity contribution in [3.05, 3.63) is 0 Å². The van der Waals surface area contributed by atoms with E-state index in [-0.39, 0.29) is 25.2 Å². The number of unbranched alkanes of at least 4 members (excludes halogenated alkanes) is 28. The van der Waals surface area contributed by atoms with E-state index in [1.165, 1.54) is 154 Å². The molecule has 0 aliphatic heterocycles. The second-order valence-electron chi connectivity index (χ2n) is 13.6. The average molecular weight is 650 g/mol. The van der Waals surface area contributed by atoms with Gasteiger partial charge in [0.05, 0.1) is 6.42 Å². The topological polar surface area (TPSA) is 93.5 Å². The molecule has 6 heteroatoms. The fraction of sp³-hybridized carbons (Fsp3) is 0.900. The van der Waals surface area contributed by atoms with Crippen LogP contribution >= 0.6 is 0 Å². The Bertz CT molecular complexity index is 662. The highest BCUT2D eigenvalue weighted by atomic mass is 16.6. The Kier molecular flexibility index (Phi) is 34.8. The maximum absolute atomic E-state index is 12.0. The molecule has 0 rings (SSSR count). The second-order valence-corrected chi connectivity index (χ2v) is 13.6. The molecule has 0 aliphatic carbocycles. The summed E-state index contributed by atoms with van der Waals surface area (Å²) in [6.07, 6.45) is 38.3. The molecule has 0 aromatic rings. The molecule has 46 heavy (non-hydrogen) atoms. The van der Waals surface area contributed by atoms with Crippen LogP contribution in [0.4, 0.5) is 0 Å². The average Bonchev–Trinajstić information content (AvgIpc) is 3.03. The van der Waals surface area contributed by atoms with E-state index in [1.54, 1.807) is 0 Å². The largest absolute Gasteiger partial charge is 0.412 e. The summed E-state index contributed by atoms with van der Waals surface area (Å²) in [5.41, 5.74) is 0. The number of ether oxygens (including phenoxy) is 2. The van der Waals surface area contributed by atoms with E-state index in [1.807, 2.05) is 0 Å². The van der Waals surface area contributed by atoms with Crippen LogP contribution in [0, 0.1) is 5.41 Å². The number of esters is 3. The van der Waals surface area contributed by atoms with Gasteiger partial charge in [-0.2, -0.15) is 0 Å². The lowest BCUT2D eigenvalue weighted by atomic mass is 10.0. The Morgan fingerprint density at radius 3 is 0.870 bits per heavy atom. The smallest absolute Gasteiger partial charge is 0.313 e. The lowest BCUT2D eigenvalue weighted by molar-refractivity contribution is -0.159. The lowest BCUT2D eigenvalue weighted by Crippen LogP contribution is -2.16. The van der Waals surface area contributed by atoms with E-state index in [0.29, 0.717) is 6.42 Å². The van der Waals surface area contributed by atoms with E-state index in [9.17, 15) is 14.4 Å². The molecule has 0 radical (unpaired) electrons. The molecule has 0 spiro atoms. The summed E-state index contributed by atoms with van der Waals surface area (Å²) in [7, 11) is 0. The fourth-order valence-electron chi connectivity index (χ4n) is 5.97. The molecular formula is C40H75NO5. The van der Waals surface area contributed by atoms with E-state index in [4.69, 9.17) is 14.9 Å². The first-order valence-corrected chi connectivity index (χ1v) is 20.0. The third-order valence-electron chi connectivity index (χ3n) is 8.99. The molecule has 0 saturated heterocycles. The van der Waals surface area contributed by atoms with Crippen LogP contribution in [0.2, 0.25) is 0 Å². The third-order valence-corrected chi connectivity index (χ3v) is 8.99. The van der Waals surface area contributed by atoms with Crippen molar-refractivity contribution in [3.63, 3.8) is 0 Å². The van der Waals surface area contributed by atoms with Crippen molar-refractivity contribution < 1.29 is 23.9 Å². The first-order valence-electron chi connectivity index (χ1n) is 20.0. The van der Waals surface area contributed by atoms with Gasteiger partial charge in [-0.3, -0.25) is 19.8 Å². The van der Waals surface area contributed by atoms with Gasteiger partial charge in [0, 0.05) is 19.3 Å². The molecule has 0 unspecified atom stereocenters. The number of nitrogens with one attached hydrogen (secondary N) is 1. The molecule has 0 aromatic heterocycles. The highest BCUT2D eigenvalue weighted by molar-refractivity contribution is 5.90. The van der Waals surface area contributed by atoms with Crippen LogP contribution in [0.15, 0.2) is 0 Å². The van der Waals surface area contributed by atoms with Gasteiger partial charge in [0.15, 0.2) is 5.90 Å². The van der Waals surface area contributed by atoms with Gasteiger partial charge in [0.2, 0.25) is 0 Å². The standard InChI is InChI=1S/C40H75NO5/c1-3-5-7-9-11-13-15-17-19-21-23-25-27-29-31-33-38(42)45-37(41)35-36-40(44)46-39(43)34-32-30-28-26-24-22-20-18-16-14-12-10-8-6-4-2/h41H,3-36H2,1-2H3. The highest BCUT2D eigenvalue weighted by Crippen LogP contribution is 2.15. The van der Waals surface area contributed by atoms with E-state index in [0.717, 1.165) is 38.5 Å². The number of carbonyl (C=O) groups is 3. The Labute approximate surface area is 284 Å². The normalized spacial score (nSPS) is 11.1. The molecule has 0 aromatic carbocycles. The quantitative estimate of drug-likeness (QED) is 0.0242. The summed E-state index contributed by atoms with van der Waals surface area (Å²) in [5.74, 6) is -1.82. The van der Waals surface area contributed by atoms with Crippen molar-refractivity contribution in [2.75, 3.05) is 0 Å². The minimum atomic E-state index is -0.658.